The molecule has 2 bridgehead atoms. The van der Waals surface area contributed by atoms with Crippen molar-refractivity contribution >= 4 is 23.1 Å². The summed E-state index contributed by atoms with van der Waals surface area (Å²) in [7, 11) is 4.04. The van der Waals surface area contributed by atoms with Gasteiger partial charge in [-0.3, -0.25) is 9.78 Å². The molecule has 3 aromatic rings. The number of carbonyl (C=O) groups excluding carboxylic acids is 1. The van der Waals surface area contributed by atoms with Crippen LogP contribution in [0.25, 0.3) is 11.3 Å². The van der Waals surface area contributed by atoms with Gasteiger partial charge in [0.25, 0.3) is 5.91 Å². The van der Waals surface area contributed by atoms with E-state index >= 15 is 0 Å². The molecule has 9 heteroatoms. The summed E-state index contributed by atoms with van der Waals surface area (Å²) in [6.45, 7) is 9.72. The monoisotopic (exact) mass is 527 g/mol. The van der Waals surface area contributed by atoms with Gasteiger partial charge in [-0.05, 0) is 68.6 Å². The molecule has 0 aliphatic carbocycles. The molecule has 0 saturated carbocycles. The quantitative estimate of drug-likeness (QED) is 0.474. The van der Waals surface area contributed by atoms with Crippen LogP contribution in [0.1, 0.15) is 41.4 Å². The lowest BCUT2D eigenvalue weighted by Gasteiger charge is -2.34. The molecule has 0 unspecified atom stereocenters. The van der Waals surface area contributed by atoms with E-state index in [1.165, 1.54) is 11.3 Å². The number of benzene rings is 1. The number of aryl methyl sites for hydroxylation is 2. The summed E-state index contributed by atoms with van der Waals surface area (Å²) >= 11 is 0. The van der Waals surface area contributed by atoms with Gasteiger partial charge in [0.15, 0.2) is 0 Å². The Hall–Kier alpha value is -3.72. The molecule has 0 N–H and O–H groups in total. The number of carbonyl (C=O) groups is 1. The lowest BCUT2D eigenvalue weighted by Crippen LogP contribution is -2.44. The minimum absolute atomic E-state index is 0.247. The molecule has 5 heterocycles. The number of aliphatic imine (C=N–C) groups is 1. The fourth-order valence-corrected chi connectivity index (χ4v) is 5.78. The number of rotatable bonds is 1. The van der Waals surface area contributed by atoms with Crippen molar-refractivity contribution in [3.8, 4) is 17.1 Å². The highest BCUT2D eigenvalue weighted by Gasteiger charge is 2.28. The highest BCUT2D eigenvalue weighted by molar-refractivity contribution is 6.12. The smallest absolute Gasteiger partial charge is 0.278 e. The van der Waals surface area contributed by atoms with Crippen molar-refractivity contribution in [3.63, 3.8) is 0 Å². The molecule has 1 atom stereocenters. The first-order valence-electron chi connectivity index (χ1n) is 14.0. The highest BCUT2D eigenvalue weighted by Crippen LogP contribution is 2.35. The maximum atomic E-state index is 13.6. The number of hydrogen-bond acceptors (Lipinski definition) is 7. The summed E-state index contributed by atoms with van der Waals surface area (Å²) in [4.78, 5) is 30.1. The number of fused-ring (bicyclic) bond motifs is 7. The third kappa shape index (κ3) is 5.15. The second-order valence-corrected chi connectivity index (χ2v) is 11.2. The summed E-state index contributed by atoms with van der Waals surface area (Å²) < 4.78 is 7.99. The zero-order valence-corrected chi connectivity index (χ0v) is 23.4. The zero-order valence-electron chi connectivity index (χ0n) is 23.4. The zero-order chi connectivity index (χ0) is 27.1. The number of anilines is 2. The Morgan fingerprint density at radius 3 is 2.67 bits per heavy atom. The lowest BCUT2D eigenvalue weighted by molar-refractivity contribution is 0.100. The minimum atomic E-state index is -0.247. The van der Waals surface area contributed by atoms with Gasteiger partial charge < -0.3 is 19.4 Å². The van der Waals surface area contributed by atoms with Crippen molar-refractivity contribution in [1.29, 1.82) is 0 Å². The number of pyridine rings is 1. The minimum Gasteiger partial charge on any atom is -0.477 e. The van der Waals surface area contributed by atoms with Crippen LogP contribution in [0, 0.1) is 12.8 Å². The Bertz CT molecular complexity index is 1420. The second kappa shape index (κ2) is 10.4. The molecule has 1 aromatic carbocycles. The molecule has 204 valence electrons. The third-order valence-electron chi connectivity index (χ3n) is 8.06. The predicted octanol–water partition coefficient (Wildman–Crippen LogP) is 3.95. The molecule has 1 saturated heterocycles. The van der Waals surface area contributed by atoms with Crippen molar-refractivity contribution in [2.45, 2.75) is 33.1 Å². The van der Waals surface area contributed by atoms with Gasteiger partial charge in [-0.1, -0.05) is 6.92 Å². The first-order valence-corrected chi connectivity index (χ1v) is 14.0. The predicted molar refractivity (Wildman–Crippen MR) is 154 cm³/mol. The van der Waals surface area contributed by atoms with Gasteiger partial charge >= 0.3 is 0 Å². The van der Waals surface area contributed by atoms with E-state index in [1.54, 1.807) is 10.9 Å². The van der Waals surface area contributed by atoms with E-state index in [9.17, 15) is 4.79 Å². The molecule has 0 radical (unpaired) electrons. The fourth-order valence-electron chi connectivity index (χ4n) is 5.78. The van der Waals surface area contributed by atoms with Crippen LogP contribution in [0.5, 0.6) is 5.88 Å². The summed E-state index contributed by atoms with van der Waals surface area (Å²) in [5.74, 6) is 1.61. The van der Waals surface area contributed by atoms with Gasteiger partial charge in [0.2, 0.25) is 5.88 Å². The largest absolute Gasteiger partial charge is 0.477 e. The van der Waals surface area contributed by atoms with Gasteiger partial charge in [0, 0.05) is 68.8 Å². The van der Waals surface area contributed by atoms with E-state index in [0.29, 0.717) is 36.1 Å². The van der Waals surface area contributed by atoms with Gasteiger partial charge in [0.05, 0.1) is 24.1 Å². The molecule has 3 aliphatic rings. The van der Waals surface area contributed by atoms with Crippen molar-refractivity contribution < 1.29 is 9.53 Å². The molecule has 6 rings (SSSR count). The van der Waals surface area contributed by atoms with Crippen LogP contribution in [-0.4, -0.2) is 77.8 Å². The molecule has 2 aromatic heterocycles. The van der Waals surface area contributed by atoms with E-state index in [0.717, 1.165) is 68.3 Å². The Morgan fingerprint density at radius 1 is 1.03 bits per heavy atom. The molecule has 0 spiro atoms. The van der Waals surface area contributed by atoms with Crippen LogP contribution in [0.4, 0.5) is 11.4 Å². The number of hydrogen-bond donors (Lipinski definition) is 0. The maximum Gasteiger partial charge on any atom is 0.278 e. The van der Waals surface area contributed by atoms with Gasteiger partial charge in [-0.25, -0.2) is 4.68 Å². The SMILES string of the molecule is Cc1cc2cc(n1)-c1cnn(C)c1OC[C@@H](C)CCCN1C(=NC2=O)Cc2cc(N3CCN(C)CC3)ccc21. The summed E-state index contributed by atoms with van der Waals surface area (Å²) in [6.07, 6.45) is 4.40. The van der Waals surface area contributed by atoms with Crippen LogP contribution in [0.2, 0.25) is 0 Å². The standard InChI is InChI=1S/C30H37N7O2/c1-20-6-5-9-37-27-8-7-24(36-12-10-34(3)11-13-36)15-22(27)17-28(37)33-29(38)23-14-21(2)32-26(16-23)25-18-31-35(4)30(25)39-19-20/h7-8,14-16,18,20H,5-6,9-13,17,19H2,1-4H3/t20-/m0/s1. The first kappa shape index (κ1) is 25.6. The first-order chi connectivity index (χ1) is 18.9. The summed E-state index contributed by atoms with van der Waals surface area (Å²) in [6, 6.07) is 10.4. The van der Waals surface area contributed by atoms with Crippen LogP contribution >= 0.6 is 0 Å². The third-order valence-corrected chi connectivity index (χ3v) is 8.06. The number of likely N-dealkylation sites (N-methyl/N-ethyl adjacent to an activating group) is 1. The molecular weight excluding hydrogens is 490 g/mol. The van der Waals surface area contributed by atoms with Gasteiger partial charge in [0.1, 0.15) is 5.84 Å². The van der Waals surface area contributed by atoms with Gasteiger partial charge in [-0.2, -0.15) is 10.1 Å². The fraction of sp³-hybridized carbons (Fsp3) is 0.467. The molecule has 1 amide bonds. The number of aromatic nitrogens is 3. The van der Waals surface area contributed by atoms with E-state index in [1.807, 2.05) is 26.1 Å². The average Bonchev–Trinajstić information content (AvgIpc) is 3.46. The maximum absolute atomic E-state index is 13.6. The van der Waals surface area contributed by atoms with Crippen molar-refractivity contribution in [3.05, 3.63) is 53.3 Å². The Morgan fingerprint density at radius 2 is 1.85 bits per heavy atom. The highest BCUT2D eigenvalue weighted by atomic mass is 16.5. The number of nitrogens with zero attached hydrogens (tertiary/aromatic N) is 7. The number of amides is 1. The summed E-state index contributed by atoms with van der Waals surface area (Å²) in [5.41, 5.74) is 6.40. The van der Waals surface area contributed by atoms with Crippen LogP contribution in [-0.2, 0) is 13.5 Å². The molecule has 9 nitrogen and oxygen atoms in total. The Balaban J connectivity index is 1.36. The molecule has 1 fully saturated rings. The van der Waals surface area contributed by atoms with Crippen LogP contribution in [0.3, 0.4) is 0 Å². The van der Waals surface area contributed by atoms with E-state index in [-0.39, 0.29) is 5.91 Å². The topological polar surface area (TPSA) is 79.1 Å². The van der Waals surface area contributed by atoms with E-state index < -0.39 is 0 Å². The Kier molecular flexibility index (Phi) is 6.85. The number of ether oxygens (including phenoxy) is 1. The molecular formula is C30H37N7O2. The van der Waals surface area contributed by atoms with Gasteiger partial charge in [-0.15, -0.1) is 0 Å². The van der Waals surface area contributed by atoms with Crippen molar-refractivity contribution in [2.75, 3.05) is 56.2 Å². The molecule has 3 aliphatic heterocycles. The number of piperazine rings is 1. The van der Waals surface area contributed by atoms with Crippen LogP contribution in [0.15, 0.2) is 41.5 Å². The molecule has 39 heavy (non-hydrogen) atoms. The van der Waals surface area contributed by atoms with E-state index in [2.05, 4.69) is 52.0 Å². The second-order valence-electron chi connectivity index (χ2n) is 11.2. The van der Waals surface area contributed by atoms with Crippen molar-refractivity contribution in [2.24, 2.45) is 18.0 Å². The van der Waals surface area contributed by atoms with Crippen molar-refractivity contribution in [1.82, 2.24) is 19.7 Å². The summed E-state index contributed by atoms with van der Waals surface area (Å²) in [5, 5.41) is 4.41. The normalized spacial score (nSPS) is 20.4. The number of amidine groups is 1. The lowest BCUT2D eigenvalue weighted by atomic mass is 10.1. The van der Waals surface area contributed by atoms with E-state index in [4.69, 9.17) is 14.7 Å². The van der Waals surface area contributed by atoms with Crippen LogP contribution < -0.4 is 14.5 Å². The Labute approximate surface area is 230 Å². The average molecular weight is 528 g/mol.